The summed E-state index contributed by atoms with van der Waals surface area (Å²) in [4.78, 5) is 19.8. The zero-order chi connectivity index (χ0) is 23.8. The predicted octanol–water partition coefficient (Wildman–Crippen LogP) is 7.64. The number of ether oxygens (including phenoxy) is 1. The molecule has 7 heteroatoms. The molecule has 1 aliphatic heterocycles. The molecule has 0 aliphatic carbocycles. The Morgan fingerprint density at radius 1 is 0.909 bits per heavy atom. The molecule has 0 bridgehead atoms. The first-order valence-corrected chi connectivity index (χ1v) is 11.7. The molecular weight excluding hydrogens is 479 g/mol. The Bertz CT molecular complexity index is 1210. The second-order valence-electron chi connectivity index (χ2n) is 8.11. The lowest BCUT2D eigenvalue weighted by Crippen LogP contribution is -2.53. The number of halogens is 3. The van der Waals surface area contributed by atoms with Gasteiger partial charge >= 0.3 is 5.37 Å². The molecule has 2 atom stereocenters. The van der Waals surface area contributed by atoms with Crippen LogP contribution >= 0.6 is 34.8 Å². The Labute approximate surface area is 208 Å². The highest BCUT2D eigenvalue weighted by molar-refractivity contribution is 6.64. The maximum atomic E-state index is 13.1. The second-order valence-corrected chi connectivity index (χ2v) is 9.31. The van der Waals surface area contributed by atoms with Crippen molar-refractivity contribution < 1.29 is 9.53 Å². The average Bonchev–Trinajstić information content (AvgIpc) is 3.04. The summed E-state index contributed by atoms with van der Waals surface area (Å²) >= 11 is 18.6. The minimum absolute atomic E-state index is 0.439. The SMILES string of the molecule is CCOc1ccccc1C1=NC(C)(c2ccc(Cl)cc2)[C@@](C)(c2ccc(Cl)cc2)N1C(=O)Cl. The molecule has 0 spiro atoms. The average molecular weight is 502 g/mol. The van der Waals surface area contributed by atoms with Gasteiger partial charge in [-0.1, -0.05) is 59.6 Å². The zero-order valence-electron chi connectivity index (χ0n) is 18.5. The van der Waals surface area contributed by atoms with Gasteiger partial charge in [0.05, 0.1) is 12.2 Å². The molecule has 3 aromatic rings. The lowest BCUT2D eigenvalue weighted by Gasteiger charge is -2.44. The molecular formula is C26H23Cl3N2O2. The maximum absolute atomic E-state index is 13.1. The number of benzene rings is 3. The van der Waals surface area contributed by atoms with Gasteiger partial charge in [0.2, 0.25) is 0 Å². The highest BCUT2D eigenvalue weighted by Crippen LogP contribution is 2.53. The van der Waals surface area contributed by atoms with E-state index in [1.54, 1.807) is 17.0 Å². The van der Waals surface area contributed by atoms with Crippen LogP contribution in [-0.2, 0) is 11.1 Å². The van der Waals surface area contributed by atoms with E-state index in [9.17, 15) is 4.79 Å². The van der Waals surface area contributed by atoms with Crippen LogP contribution in [0.15, 0.2) is 77.8 Å². The molecule has 33 heavy (non-hydrogen) atoms. The van der Waals surface area contributed by atoms with Crippen LogP contribution in [0.3, 0.4) is 0 Å². The third-order valence-corrected chi connectivity index (χ3v) is 7.03. The topological polar surface area (TPSA) is 41.9 Å². The Morgan fingerprint density at radius 3 is 2.00 bits per heavy atom. The molecule has 1 heterocycles. The Kier molecular flexibility index (Phi) is 6.45. The summed E-state index contributed by atoms with van der Waals surface area (Å²) in [5, 5.41) is 0.569. The van der Waals surface area contributed by atoms with Crippen LogP contribution < -0.4 is 4.74 Å². The summed E-state index contributed by atoms with van der Waals surface area (Å²) in [6, 6.07) is 22.4. The molecule has 0 N–H and O–H groups in total. The Hall–Kier alpha value is -2.53. The number of carbonyl (C=O) groups excluding carboxylic acids is 1. The Balaban J connectivity index is 2.03. The highest BCUT2D eigenvalue weighted by Gasteiger charge is 2.59. The maximum Gasteiger partial charge on any atom is 0.322 e. The van der Waals surface area contributed by atoms with E-state index in [2.05, 4.69) is 0 Å². The van der Waals surface area contributed by atoms with Gasteiger partial charge in [-0.3, -0.25) is 14.7 Å². The van der Waals surface area contributed by atoms with Crippen LogP contribution in [0.25, 0.3) is 0 Å². The normalized spacial score (nSPS) is 22.2. The number of nitrogens with zero attached hydrogens (tertiary/aromatic N) is 2. The van der Waals surface area contributed by atoms with E-state index in [1.807, 2.05) is 81.4 Å². The summed E-state index contributed by atoms with van der Waals surface area (Å²) in [6.45, 7) is 6.34. The third kappa shape index (κ3) is 3.90. The molecule has 0 fully saturated rings. The van der Waals surface area contributed by atoms with Crippen molar-refractivity contribution in [2.45, 2.75) is 31.8 Å². The van der Waals surface area contributed by atoms with Gasteiger partial charge in [0.15, 0.2) is 0 Å². The lowest BCUT2D eigenvalue weighted by atomic mass is 9.71. The third-order valence-electron chi connectivity index (χ3n) is 6.35. The van der Waals surface area contributed by atoms with E-state index in [-0.39, 0.29) is 0 Å². The summed E-state index contributed by atoms with van der Waals surface area (Å²) in [5.74, 6) is 1.06. The van der Waals surface area contributed by atoms with Crippen molar-refractivity contribution in [3.63, 3.8) is 0 Å². The number of amides is 1. The second kappa shape index (κ2) is 9.02. The van der Waals surface area contributed by atoms with E-state index in [0.717, 1.165) is 11.1 Å². The highest BCUT2D eigenvalue weighted by atomic mass is 35.5. The fraction of sp³-hybridized carbons (Fsp3) is 0.231. The van der Waals surface area contributed by atoms with Crippen molar-refractivity contribution in [3.05, 3.63) is 99.5 Å². The van der Waals surface area contributed by atoms with Gasteiger partial charge in [-0.15, -0.1) is 0 Å². The number of para-hydroxylation sites is 1. The number of carbonyl (C=O) groups is 1. The van der Waals surface area contributed by atoms with Gasteiger partial charge in [-0.25, -0.2) is 0 Å². The number of hydrogen-bond donors (Lipinski definition) is 0. The summed E-state index contributed by atoms with van der Waals surface area (Å²) in [6.07, 6.45) is 0. The van der Waals surface area contributed by atoms with E-state index < -0.39 is 16.4 Å². The molecule has 4 rings (SSSR count). The molecule has 1 aliphatic rings. The molecule has 170 valence electrons. The van der Waals surface area contributed by atoms with Crippen molar-refractivity contribution in [1.29, 1.82) is 0 Å². The summed E-state index contributed by atoms with van der Waals surface area (Å²) in [7, 11) is 0. The Morgan fingerprint density at radius 2 is 1.45 bits per heavy atom. The van der Waals surface area contributed by atoms with E-state index in [4.69, 9.17) is 44.5 Å². The molecule has 0 saturated carbocycles. The first-order chi connectivity index (χ1) is 15.7. The number of hydrogen-bond acceptors (Lipinski definition) is 3. The first-order valence-electron chi connectivity index (χ1n) is 10.6. The molecule has 0 saturated heterocycles. The largest absolute Gasteiger partial charge is 0.493 e. The first kappa shape index (κ1) is 23.6. The van der Waals surface area contributed by atoms with Gasteiger partial charge in [-0.2, -0.15) is 0 Å². The van der Waals surface area contributed by atoms with Crippen molar-refractivity contribution in [3.8, 4) is 5.75 Å². The molecule has 4 nitrogen and oxygen atoms in total. The quantitative estimate of drug-likeness (QED) is 0.266. The molecule has 3 aromatic carbocycles. The van der Waals surface area contributed by atoms with Crippen LogP contribution in [0.2, 0.25) is 10.0 Å². The van der Waals surface area contributed by atoms with E-state index in [0.29, 0.717) is 33.8 Å². The molecule has 0 radical (unpaired) electrons. The lowest BCUT2D eigenvalue weighted by molar-refractivity contribution is 0.149. The van der Waals surface area contributed by atoms with E-state index >= 15 is 0 Å². The summed E-state index contributed by atoms with van der Waals surface area (Å²) < 4.78 is 5.86. The van der Waals surface area contributed by atoms with Crippen molar-refractivity contribution in [1.82, 2.24) is 4.90 Å². The predicted molar refractivity (Wildman–Crippen MR) is 135 cm³/mol. The number of aliphatic imine (C=N–C) groups is 1. The van der Waals surface area contributed by atoms with Gasteiger partial charge in [0, 0.05) is 10.0 Å². The van der Waals surface area contributed by atoms with Crippen molar-refractivity contribution in [2.24, 2.45) is 4.99 Å². The van der Waals surface area contributed by atoms with Crippen molar-refractivity contribution >= 4 is 46.0 Å². The standard InChI is InChI=1S/C26H23Cl3N2O2/c1-4-33-22-8-6-5-7-21(22)23-30-25(2,17-9-13-19(27)14-10-17)26(3,31(23)24(29)32)18-11-15-20(28)16-12-18/h5-16H,4H2,1-3H3/t25?,26-/m1/s1. The van der Waals surface area contributed by atoms with Gasteiger partial charge in [-0.05, 0) is 79.9 Å². The van der Waals surface area contributed by atoms with Crippen LogP contribution in [-0.4, -0.2) is 22.7 Å². The van der Waals surface area contributed by atoms with Crippen LogP contribution in [0.4, 0.5) is 4.79 Å². The van der Waals surface area contributed by atoms with Crippen LogP contribution in [0.5, 0.6) is 5.75 Å². The molecule has 0 aromatic heterocycles. The van der Waals surface area contributed by atoms with Gasteiger partial charge < -0.3 is 4.74 Å². The fourth-order valence-electron chi connectivity index (χ4n) is 4.48. The van der Waals surface area contributed by atoms with Gasteiger partial charge in [0.1, 0.15) is 22.7 Å². The summed E-state index contributed by atoms with van der Waals surface area (Å²) in [5.41, 5.74) is 0.539. The smallest absolute Gasteiger partial charge is 0.322 e. The molecule has 1 amide bonds. The monoisotopic (exact) mass is 500 g/mol. The van der Waals surface area contributed by atoms with Gasteiger partial charge in [0.25, 0.3) is 0 Å². The minimum atomic E-state index is -0.973. The van der Waals surface area contributed by atoms with Crippen LogP contribution in [0.1, 0.15) is 37.5 Å². The van der Waals surface area contributed by atoms with E-state index in [1.165, 1.54) is 0 Å². The van der Waals surface area contributed by atoms with Crippen molar-refractivity contribution in [2.75, 3.05) is 6.61 Å². The molecule has 1 unspecified atom stereocenters. The zero-order valence-corrected chi connectivity index (χ0v) is 20.7. The minimum Gasteiger partial charge on any atom is -0.493 e. The number of rotatable bonds is 5. The number of amidine groups is 1. The van der Waals surface area contributed by atoms with Crippen LogP contribution in [0, 0.1) is 0 Å². The fourth-order valence-corrected chi connectivity index (χ4v) is 4.98.